The molecule has 0 unspecified atom stereocenters. The van der Waals surface area contributed by atoms with Gasteiger partial charge in [0, 0.05) is 12.6 Å². The van der Waals surface area contributed by atoms with Crippen molar-refractivity contribution in [1.82, 2.24) is 14.8 Å². The molecule has 0 amide bonds. The number of hydrogen-bond donors (Lipinski definition) is 1. The molecule has 84 valence electrons. The zero-order valence-corrected chi connectivity index (χ0v) is 9.86. The maximum Gasteiger partial charge on any atom is 0.163 e. The van der Waals surface area contributed by atoms with E-state index in [0.29, 0.717) is 6.54 Å². The number of aromatic nitrogens is 3. The number of rotatable bonds is 2. The molecule has 0 aliphatic carbocycles. The molecule has 0 radical (unpaired) electrons. The summed E-state index contributed by atoms with van der Waals surface area (Å²) in [7, 11) is 1.94. The van der Waals surface area contributed by atoms with Crippen LogP contribution < -0.4 is 5.73 Å². The summed E-state index contributed by atoms with van der Waals surface area (Å²) in [4.78, 5) is 0. The van der Waals surface area contributed by atoms with Crippen LogP contribution in [-0.4, -0.2) is 14.8 Å². The zero-order chi connectivity index (χ0) is 11.7. The molecule has 4 nitrogen and oxygen atoms in total. The van der Waals surface area contributed by atoms with Crippen molar-refractivity contribution in [2.75, 3.05) is 0 Å². The smallest absolute Gasteiger partial charge is 0.163 e. The molecule has 1 aromatic heterocycles. The molecular weight excluding hydrogens is 200 g/mol. The molecule has 0 saturated heterocycles. The number of nitrogens with zero attached hydrogens (tertiary/aromatic N) is 3. The monoisotopic (exact) mass is 216 g/mol. The van der Waals surface area contributed by atoms with Gasteiger partial charge in [0.05, 0.1) is 6.54 Å². The van der Waals surface area contributed by atoms with E-state index in [1.807, 2.05) is 11.6 Å². The van der Waals surface area contributed by atoms with Gasteiger partial charge in [0.2, 0.25) is 0 Å². The average Bonchev–Trinajstić information content (AvgIpc) is 2.58. The second-order valence-corrected chi connectivity index (χ2v) is 4.08. The lowest BCUT2D eigenvalue weighted by Gasteiger charge is -2.05. The van der Waals surface area contributed by atoms with Crippen LogP contribution in [0.1, 0.15) is 17.0 Å². The summed E-state index contributed by atoms with van der Waals surface area (Å²) in [6.07, 6.45) is 0. The van der Waals surface area contributed by atoms with Crippen LogP contribution in [0, 0.1) is 13.8 Å². The van der Waals surface area contributed by atoms with Gasteiger partial charge in [-0.2, -0.15) is 0 Å². The molecule has 0 saturated carbocycles. The Hall–Kier alpha value is -1.68. The summed E-state index contributed by atoms with van der Waals surface area (Å²) in [6.45, 7) is 4.57. The van der Waals surface area contributed by atoms with E-state index >= 15 is 0 Å². The normalized spacial score (nSPS) is 10.8. The fourth-order valence-corrected chi connectivity index (χ4v) is 1.89. The van der Waals surface area contributed by atoms with E-state index in [0.717, 1.165) is 17.2 Å². The predicted molar refractivity (Wildman–Crippen MR) is 63.8 cm³/mol. The van der Waals surface area contributed by atoms with Crippen LogP contribution in [0.5, 0.6) is 0 Å². The maximum absolute atomic E-state index is 5.58. The first-order chi connectivity index (χ1) is 7.61. The lowest BCUT2D eigenvalue weighted by atomic mass is 10.1. The molecule has 1 heterocycles. The van der Waals surface area contributed by atoms with Crippen molar-refractivity contribution >= 4 is 0 Å². The van der Waals surface area contributed by atoms with Crippen LogP contribution in [0.2, 0.25) is 0 Å². The quantitative estimate of drug-likeness (QED) is 0.828. The highest BCUT2D eigenvalue weighted by molar-refractivity contribution is 5.57. The van der Waals surface area contributed by atoms with Crippen LogP contribution in [0.3, 0.4) is 0 Å². The van der Waals surface area contributed by atoms with Crippen molar-refractivity contribution in [2.45, 2.75) is 20.4 Å². The molecule has 2 rings (SSSR count). The Kier molecular flexibility index (Phi) is 2.75. The molecule has 0 bridgehead atoms. The third kappa shape index (κ3) is 1.84. The molecule has 0 aliphatic heterocycles. The minimum absolute atomic E-state index is 0.411. The zero-order valence-electron chi connectivity index (χ0n) is 9.86. The third-order valence-corrected chi connectivity index (χ3v) is 2.63. The summed E-state index contributed by atoms with van der Waals surface area (Å²) < 4.78 is 1.94. The summed E-state index contributed by atoms with van der Waals surface area (Å²) in [5, 5.41) is 8.23. The Morgan fingerprint density at radius 3 is 2.25 bits per heavy atom. The van der Waals surface area contributed by atoms with E-state index in [2.05, 4.69) is 42.2 Å². The number of aryl methyl sites for hydroxylation is 2. The highest BCUT2D eigenvalue weighted by atomic mass is 15.3. The molecule has 0 atom stereocenters. The van der Waals surface area contributed by atoms with Gasteiger partial charge in [-0.05, 0) is 26.0 Å². The van der Waals surface area contributed by atoms with Crippen molar-refractivity contribution in [3.8, 4) is 11.4 Å². The lowest BCUT2D eigenvalue weighted by molar-refractivity contribution is 0.797. The topological polar surface area (TPSA) is 56.7 Å². The van der Waals surface area contributed by atoms with E-state index in [9.17, 15) is 0 Å². The molecule has 0 fully saturated rings. The number of benzene rings is 1. The van der Waals surface area contributed by atoms with Crippen LogP contribution in [0.15, 0.2) is 18.2 Å². The summed E-state index contributed by atoms with van der Waals surface area (Å²) >= 11 is 0. The SMILES string of the molecule is Cc1cc(C)cc(-c2nnc(CN)n2C)c1. The fraction of sp³-hybridized carbons (Fsp3) is 0.333. The molecule has 1 aromatic carbocycles. The fourth-order valence-electron chi connectivity index (χ4n) is 1.89. The molecule has 4 heteroatoms. The molecular formula is C12H16N4. The minimum atomic E-state index is 0.411. The number of hydrogen-bond acceptors (Lipinski definition) is 3. The van der Waals surface area contributed by atoms with Crippen molar-refractivity contribution in [1.29, 1.82) is 0 Å². The second-order valence-electron chi connectivity index (χ2n) is 4.08. The Labute approximate surface area is 95.1 Å². The molecule has 16 heavy (non-hydrogen) atoms. The van der Waals surface area contributed by atoms with Crippen molar-refractivity contribution in [2.24, 2.45) is 12.8 Å². The van der Waals surface area contributed by atoms with Gasteiger partial charge in [-0.15, -0.1) is 10.2 Å². The average molecular weight is 216 g/mol. The molecule has 0 spiro atoms. The van der Waals surface area contributed by atoms with E-state index < -0.39 is 0 Å². The van der Waals surface area contributed by atoms with Crippen LogP contribution in [-0.2, 0) is 13.6 Å². The van der Waals surface area contributed by atoms with Crippen molar-refractivity contribution < 1.29 is 0 Å². The van der Waals surface area contributed by atoms with Gasteiger partial charge in [0.15, 0.2) is 5.82 Å². The summed E-state index contributed by atoms with van der Waals surface area (Å²) in [6, 6.07) is 6.36. The van der Waals surface area contributed by atoms with Crippen molar-refractivity contribution in [3.05, 3.63) is 35.2 Å². The Bertz CT molecular complexity index is 493. The van der Waals surface area contributed by atoms with Gasteiger partial charge in [0.25, 0.3) is 0 Å². The van der Waals surface area contributed by atoms with Crippen LogP contribution in [0.4, 0.5) is 0 Å². The summed E-state index contributed by atoms with van der Waals surface area (Å²) in [5.74, 6) is 1.67. The molecule has 2 aromatic rings. The van der Waals surface area contributed by atoms with Crippen molar-refractivity contribution in [3.63, 3.8) is 0 Å². The Balaban J connectivity index is 2.54. The minimum Gasteiger partial charge on any atom is -0.324 e. The molecule has 0 aliphatic rings. The van der Waals surface area contributed by atoms with Crippen LogP contribution in [0.25, 0.3) is 11.4 Å². The van der Waals surface area contributed by atoms with Gasteiger partial charge < -0.3 is 10.3 Å². The lowest BCUT2D eigenvalue weighted by Crippen LogP contribution is -2.05. The first kappa shape index (κ1) is 10.8. The predicted octanol–water partition coefficient (Wildman–Crippen LogP) is 1.56. The standard InChI is InChI=1S/C12H16N4/c1-8-4-9(2)6-10(5-8)12-15-14-11(7-13)16(12)3/h4-6H,7,13H2,1-3H3. The van der Waals surface area contributed by atoms with Gasteiger partial charge in [0.1, 0.15) is 5.82 Å². The van der Waals surface area contributed by atoms with Gasteiger partial charge >= 0.3 is 0 Å². The molecule has 2 N–H and O–H groups in total. The summed E-state index contributed by atoms with van der Waals surface area (Å²) in [5.41, 5.74) is 9.13. The van der Waals surface area contributed by atoms with E-state index in [1.54, 1.807) is 0 Å². The Morgan fingerprint density at radius 2 is 1.75 bits per heavy atom. The first-order valence-corrected chi connectivity index (χ1v) is 5.29. The highest BCUT2D eigenvalue weighted by Crippen LogP contribution is 2.20. The Morgan fingerprint density at radius 1 is 1.12 bits per heavy atom. The van der Waals surface area contributed by atoms with Gasteiger partial charge in [-0.3, -0.25) is 0 Å². The van der Waals surface area contributed by atoms with E-state index in [-0.39, 0.29) is 0 Å². The maximum atomic E-state index is 5.58. The largest absolute Gasteiger partial charge is 0.324 e. The van der Waals surface area contributed by atoms with Crippen LogP contribution >= 0.6 is 0 Å². The van der Waals surface area contributed by atoms with E-state index in [4.69, 9.17) is 5.73 Å². The van der Waals surface area contributed by atoms with Gasteiger partial charge in [-0.1, -0.05) is 17.2 Å². The third-order valence-electron chi connectivity index (χ3n) is 2.63. The highest BCUT2D eigenvalue weighted by Gasteiger charge is 2.09. The first-order valence-electron chi connectivity index (χ1n) is 5.29. The van der Waals surface area contributed by atoms with Gasteiger partial charge in [-0.25, -0.2) is 0 Å². The van der Waals surface area contributed by atoms with E-state index in [1.165, 1.54) is 11.1 Å². The second kappa shape index (κ2) is 4.06. The number of nitrogens with two attached hydrogens (primary N) is 1.